The van der Waals surface area contributed by atoms with E-state index in [1.807, 2.05) is 13.8 Å². The van der Waals surface area contributed by atoms with E-state index in [9.17, 15) is 12.8 Å². The largest absolute Gasteiger partial charge is 0.398 e. The summed E-state index contributed by atoms with van der Waals surface area (Å²) in [6.07, 6.45) is 0.699. The van der Waals surface area contributed by atoms with E-state index in [2.05, 4.69) is 4.72 Å². The highest BCUT2D eigenvalue weighted by Gasteiger charge is 2.23. The standard InChI is InChI=1S/C13H21FN2O3S/c1-13(2,6-7-19-3)9-16-20(17,18)12-8-10(14)4-5-11(12)15/h4-5,8,16H,6-7,9,15H2,1-3H3. The number of nitrogens with one attached hydrogen (secondary N) is 1. The van der Waals surface area contributed by atoms with Gasteiger partial charge in [0.25, 0.3) is 0 Å². The summed E-state index contributed by atoms with van der Waals surface area (Å²) in [7, 11) is -2.24. The number of nitrogen functional groups attached to an aromatic ring is 1. The van der Waals surface area contributed by atoms with Gasteiger partial charge in [-0.25, -0.2) is 17.5 Å². The summed E-state index contributed by atoms with van der Waals surface area (Å²) < 4.78 is 44.9. The molecule has 7 heteroatoms. The van der Waals surface area contributed by atoms with Crippen LogP contribution in [0.4, 0.5) is 10.1 Å². The molecule has 0 unspecified atom stereocenters. The van der Waals surface area contributed by atoms with Gasteiger partial charge in [0.2, 0.25) is 10.0 Å². The van der Waals surface area contributed by atoms with Gasteiger partial charge in [0.05, 0.1) is 5.69 Å². The smallest absolute Gasteiger partial charge is 0.242 e. The highest BCUT2D eigenvalue weighted by atomic mass is 32.2. The van der Waals surface area contributed by atoms with Gasteiger partial charge in [-0.3, -0.25) is 0 Å². The van der Waals surface area contributed by atoms with Crippen LogP contribution >= 0.6 is 0 Å². The van der Waals surface area contributed by atoms with Gasteiger partial charge in [0, 0.05) is 20.3 Å². The number of ether oxygens (including phenoxy) is 1. The monoisotopic (exact) mass is 304 g/mol. The zero-order valence-corrected chi connectivity index (χ0v) is 12.8. The molecule has 0 aliphatic heterocycles. The summed E-state index contributed by atoms with van der Waals surface area (Å²) in [6.45, 7) is 4.60. The molecule has 0 radical (unpaired) electrons. The van der Waals surface area contributed by atoms with Crippen LogP contribution in [0.25, 0.3) is 0 Å². The molecule has 0 aliphatic carbocycles. The fourth-order valence-electron chi connectivity index (χ4n) is 1.58. The lowest BCUT2D eigenvalue weighted by Crippen LogP contribution is -2.35. The van der Waals surface area contributed by atoms with Gasteiger partial charge in [0.15, 0.2) is 0 Å². The van der Waals surface area contributed by atoms with Crippen LogP contribution in [0.15, 0.2) is 23.1 Å². The SMILES string of the molecule is COCCC(C)(C)CNS(=O)(=O)c1cc(F)ccc1N. The molecule has 0 bridgehead atoms. The van der Waals surface area contributed by atoms with Crippen molar-refractivity contribution in [1.29, 1.82) is 0 Å². The minimum absolute atomic E-state index is 0.0218. The Kier molecular flexibility index (Phi) is 5.50. The first kappa shape index (κ1) is 16.9. The first-order chi connectivity index (χ1) is 9.18. The van der Waals surface area contributed by atoms with Crippen molar-refractivity contribution in [3.05, 3.63) is 24.0 Å². The fourth-order valence-corrected chi connectivity index (χ4v) is 2.96. The van der Waals surface area contributed by atoms with Crippen LogP contribution in [-0.4, -0.2) is 28.7 Å². The average Bonchev–Trinajstić information content (AvgIpc) is 2.37. The third-order valence-corrected chi connectivity index (χ3v) is 4.45. The lowest BCUT2D eigenvalue weighted by molar-refractivity contribution is 0.153. The normalized spacial score (nSPS) is 12.6. The van der Waals surface area contributed by atoms with Gasteiger partial charge in [-0.15, -0.1) is 0 Å². The van der Waals surface area contributed by atoms with Crippen molar-refractivity contribution in [1.82, 2.24) is 4.72 Å². The minimum Gasteiger partial charge on any atom is -0.398 e. The molecule has 0 aliphatic rings. The van der Waals surface area contributed by atoms with Crippen molar-refractivity contribution in [2.45, 2.75) is 25.2 Å². The summed E-state index contributed by atoms with van der Waals surface area (Å²) in [5.74, 6) is -0.641. The van der Waals surface area contributed by atoms with E-state index in [-0.39, 0.29) is 22.5 Å². The Morgan fingerprint density at radius 2 is 2.05 bits per heavy atom. The molecule has 0 heterocycles. The van der Waals surface area contributed by atoms with Crippen LogP contribution in [0.1, 0.15) is 20.3 Å². The maximum Gasteiger partial charge on any atom is 0.242 e. The number of halogens is 1. The predicted octanol–water partition coefficient (Wildman–Crippen LogP) is 1.75. The Hall–Kier alpha value is -1.18. The first-order valence-electron chi connectivity index (χ1n) is 6.21. The van der Waals surface area contributed by atoms with Crippen molar-refractivity contribution < 1.29 is 17.5 Å². The number of hydrogen-bond donors (Lipinski definition) is 2. The first-order valence-corrected chi connectivity index (χ1v) is 7.70. The van der Waals surface area contributed by atoms with Crippen molar-refractivity contribution in [2.75, 3.05) is 26.0 Å². The second-order valence-electron chi connectivity index (χ2n) is 5.41. The molecule has 20 heavy (non-hydrogen) atoms. The number of benzene rings is 1. The van der Waals surface area contributed by atoms with E-state index >= 15 is 0 Å². The summed E-state index contributed by atoms with van der Waals surface area (Å²) in [5.41, 5.74) is 5.34. The number of nitrogens with two attached hydrogens (primary N) is 1. The number of methoxy groups -OCH3 is 1. The summed E-state index contributed by atoms with van der Waals surface area (Å²) in [4.78, 5) is -0.236. The maximum absolute atomic E-state index is 13.2. The van der Waals surface area contributed by atoms with Crippen LogP contribution in [0.3, 0.4) is 0 Å². The third kappa shape index (κ3) is 4.73. The van der Waals surface area contributed by atoms with Crippen molar-refractivity contribution in [2.24, 2.45) is 5.41 Å². The minimum atomic E-state index is -3.83. The van der Waals surface area contributed by atoms with Crippen molar-refractivity contribution in [3.8, 4) is 0 Å². The molecular weight excluding hydrogens is 283 g/mol. The fraction of sp³-hybridized carbons (Fsp3) is 0.538. The molecular formula is C13H21FN2O3S. The lowest BCUT2D eigenvalue weighted by atomic mass is 9.90. The lowest BCUT2D eigenvalue weighted by Gasteiger charge is -2.24. The second kappa shape index (κ2) is 6.51. The van der Waals surface area contributed by atoms with Crippen molar-refractivity contribution >= 4 is 15.7 Å². The molecule has 0 atom stereocenters. The van der Waals surface area contributed by atoms with E-state index in [1.165, 1.54) is 6.07 Å². The van der Waals surface area contributed by atoms with Crippen LogP contribution in [0, 0.1) is 11.2 Å². The summed E-state index contributed by atoms with van der Waals surface area (Å²) in [5, 5.41) is 0. The van der Waals surface area contributed by atoms with E-state index in [0.717, 1.165) is 12.1 Å². The highest BCUT2D eigenvalue weighted by Crippen LogP contribution is 2.22. The molecule has 1 rings (SSSR count). The number of anilines is 1. The topological polar surface area (TPSA) is 81.4 Å². The highest BCUT2D eigenvalue weighted by molar-refractivity contribution is 7.89. The van der Waals surface area contributed by atoms with Gasteiger partial charge in [-0.2, -0.15) is 0 Å². The van der Waals surface area contributed by atoms with E-state index in [4.69, 9.17) is 10.5 Å². The van der Waals surface area contributed by atoms with Crippen LogP contribution in [0.5, 0.6) is 0 Å². The summed E-state index contributed by atoms with van der Waals surface area (Å²) in [6, 6.07) is 3.27. The van der Waals surface area contributed by atoms with Gasteiger partial charge in [-0.1, -0.05) is 13.8 Å². The second-order valence-corrected chi connectivity index (χ2v) is 7.15. The van der Waals surface area contributed by atoms with Crippen molar-refractivity contribution in [3.63, 3.8) is 0 Å². The van der Waals surface area contributed by atoms with Crippen LogP contribution in [-0.2, 0) is 14.8 Å². The average molecular weight is 304 g/mol. The quantitative estimate of drug-likeness (QED) is 0.752. The molecule has 0 saturated carbocycles. The Bertz CT molecular complexity index is 559. The molecule has 3 N–H and O–H groups in total. The van der Waals surface area contributed by atoms with Gasteiger partial charge in [0.1, 0.15) is 10.7 Å². The predicted molar refractivity (Wildman–Crippen MR) is 76.3 cm³/mol. The molecule has 0 saturated heterocycles. The maximum atomic E-state index is 13.2. The Morgan fingerprint density at radius 1 is 1.40 bits per heavy atom. The summed E-state index contributed by atoms with van der Waals surface area (Å²) >= 11 is 0. The molecule has 0 fully saturated rings. The molecule has 0 aromatic heterocycles. The molecule has 0 spiro atoms. The van der Waals surface area contributed by atoms with Crippen LogP contribution in [0.2, 0.25) is 0 Å². The third-order valence-electron chi connectivity index (χ3n) is 2.99. The molecule has 0 amide bonds. The number of sulfonamides is 1. The van der Waals surface area contributed by atoms with E-state index < -0.39 is 15.8 Å². The van der Waals surface area contributed by atoms with Gasteiger partial charge in [-0.05, 0) is 30.0 Å². The Morgan fingerprint density at radius 3 is 2.65 bits per heavy atom. The molecule has 1 aromatic carbocycles. The Labute approximate surface area is 119 Å². The zero-order chi connectivity index (χ0) is 15.4. The zero-order valence-electron chi connectivity index (χ0n) is 11.9. The molecule has 1 aromatic rings. The van der Waals surface area contributed by atoms with Gasteiger partial charge >= 0.3 is 0 Å². The number of hydrogen-bond acceptors (Lipinski definition) is 4. The van der Waals surface area contributed by atoms with Gasteiger partial charge < -0.3 is 10.5 Å². The van der Waals surface area contributed by atoms with E-state index in [0.29, 0.717) is 13.0 Å². The van der Waals surface area contributed by atoms with E-state index in [1.54, 1.807) is 7.11 Å². The van der Waals surface area contributed by atoms with Crippen LogP contribution < -0.4 is 10.5 Å². The molecule has 114 valence electrons. The molecule has 5 nitrogen and oxygen atoms in total. The number of rotatable bonds is 7. The Balaban J connectivity index is 2.83.